The Balaban J connectivity index is 2.16. The smallest absolute Gasteiger partial charge is 0.140 e. The van der Waals surface area contributed by atoms with Crippen LogP contribution in [0.3, 0.4) is 0 Å². The van der Waals surface area contributed by atoms with E-state index in [4.69, 9.17) is 0 Å². The van der Waals surface area contributed by atoms with E-state index in [1.807, 2.05) is 17.8 Å². The van der Waals surface area contributed by atoms with Crippen LogP contribution in [0, 0.1) is 0 Å². The number of aromatic nitrogens is 2. The maximum atomic E-state index is 4.63. The van der Waals surface area contributed by atoms with Gasteiger partial charge in [-0.1, -0.05) is 0 Å². The lowest BCUT2D eigenvalue weighted by molar-refractivity contribution is 0.947. The number of hydrogen-bond acceptors (Lipinski definition) is 3. The number of rotatable bonds is 1. The Kier molecular flexibility index (Phi) is 2.02. The van der Waals surface area contributed by atoms with Crippen molar-refractivity contribution in [2.24, 2.45) is 12.0 Å². The van der Waals surface area contributed by atoms with Crippen molar-refractivity contribution >= 4 is 27.8 Å². The molecule has 3 rings (SSSR count). The molecular formula is C11H11N3S. The van der Waals surface area contributed by atoms with Crippen molar-refractivity contribution in [3.8, 4) is 0 Å². The first-order valence-corrected chi connectivity index (χ1v) is 5.93. The Labute approximate surface area is 92.2 Å². The molecule has 3 nitrogen and oxygen atoms in total. The van der Waals surface area contributed by atoms with E-state index in [9.17, 15) is 0 Å². The van der Waals surface area contributed by atoms with Gasteiger partial charge in [0.2, 0.25) is 0 Å². The second-order valence-electron chi connectivity index (χ2n) is 3.57. The minimum atomic E-state index is 0.923. The highest BCUT2D eigenvalue weighted by Gasteiger charge is 2.12. The Hall–Kier alpha value is -1.29. The number of aryl methyl sites for hydroxylation is 1. The van der Waals surface area contributed by atoms with E-state index < -0.39 is 0 Å². The summed E-state index contributed by atoms with van der Waals surface area (Å²) >= 11 is 1.79. The second-order valence-corrected chi connectivity index (χ2v) is 4.65. The molecule has 0 spiro atoms. The van der Waals surface area contributed by atoms with Crippen LogP contribution >= 0.6 is 11.8 Å². The van der Waals surface area contributed by atoms with Gasteiger partial charge in [0.25, 0.3) is 0 Å². The lowest BCUT2D eigenvalue weighted by Gasteiger charge is -2.00. The molecule has 2 aromatic heterocycles. The average Bonchev–Trinajstić information content (AvgIpc) is 2.88. The van der Waals surface area contributed by atoms with E-state index in [1.54, 1.807) is 11.8 Å². The fraction of sp³-hybridized carbons (Fsp3) is 0.273. The van der Waals surface area contributed by atoms with Crippen molar-refractivity contribution in [3.05, 3.63) is 30.1 Å². The van der Waals surface area contributed by atoms with E-state index in [1.165, 1.54) is 5.39 Å². The van der Waals surface area contributed by atoms with Crippen molar-refractivity contribution in [1.82, 2.24) is 9.55 Å². The Morgan fingerprint density at radius 1 is 1.33 bits per heavy atom. The number of hydrogen-bond donors (Lipinski definition) is 0. The van der Waals surface area contributed by atoms with Crippen LogP contribution in [0.4, 0.5) is 0 Å². The van der Waals surface area contributed by atoms with Crippen molar-refractivity contribution in [2.75, 3.05) is 12.3 Å². The zero-order chi connectivity index (χ0) is 10.3. The largest absolute Gasteiger partial charge is 0.336 e. The minimum absolute atomic E-state index is 0.923. The van der Waals surface area contributed by atoms with Crippen LogP contribution < -0.4 is 0 Å². The van der Waals surface area contributed by atoms with Gasteiger partial charge >= 0.3 is 0 Å². The number of nitrogens with zero attached hydrogens (tertiary/aromatic N) is 3. The molecule has 76 valence electrons. The summed E-state index contributed by atoms with van der Waals surface area (Å²) in [5, 5.41) is 2.27. The highest BCUT2D eigenvalue weighted by Crippen LogP contribution is 2.20. The highest BCUT2D eigenvalue weighted by molar-refractivity contribution is 8.14. The van der Waals surface area contributed by atoms with Gasteiger partial charge in [-0.2, -0.15) is 0 Å². The topological polar surface area (TPSA) is 30.2 Å². The molecule has 0 aromatic carbocycles. The monoisotopic (exact) mass is 217 g/mol. The molecular weight excluding hydrogens is 206 g/mol. The van der Waals surface area contributed by atoms with Gasteiger partial charge in [0, 0.05) is 30.9 Å². The van der Waals surface area contributed by atoms with E-state index in [0.29, 0.717) is 0 Å². The van der Waals surface area contributed by atoms with Crippen LogP contribution in [0.5, 0.6) is 0 Å². The van der Waals surface area contributed by atoms with Crippen LogP contribution in [0.1, 0.15) is 5.69 Å². The molecule has 0 unspecified atom stereocenters. The van der Waals surface area contributed by atoms with Crippen molar-refractivity contribution < 1.29 is 0 Å². The quantitative estimate of drug-likeness (QED) is 0.732. The van der Waals surface area contributed by atoms with Crippen molar-refractivity contribution in [3.63, 3.8) is 0 Å². The molecule has 0 bridgehead atoms. The lowest BCUT2D eigenvalue weighted by Crippen LogP contribution is -1.98. The predicted molar refractivity (Wildman–Crippen MR) is 64.6 cm³/mol. The summed E-state index contributed by atoms with van der Waals surface area (Å²) in [5.41, 5.74) is 2.04. The number of thioether (sulfide) groups is 1. The van der Waals surface area contributed by atoms with Gasteiger partial charge < -0.3 is 4.57 Å². The van der Waals surface area contributed by atoms with E-state index >= 15 is 0 Å². The van der Waals surface area contributed by atoms with Crippen molar-refractivity contribution in [2.45, 2.75) is 0 Å². The molecule has 0 saturated carbocycles. The predicted octanol–water partition coefficient (Wildman–Crippen LogP) is 2.07. The Bertz CT molecular complexity index is 542. The number of aliphatic imine (C=N–C) groups is 1. The molecule has 0 N–H and O–H groups in total. The molecule has 0 aliphatic carbocycles. The van der Waals surface area contributed by atoms with E-state index in [2.05, 4.69) is 28.2 Å². The summed E-state index contributed by atoms with van der Waals surface area (Å²) < 4.78 is 2.04. The molecule has 1 aliphatic heterocycles. The van der Waals surface area contributed by atoms with Gasteiger partial charge in [-0.05, 0) is 18.2 Å². The molecule has 0 saturated heterocycles. The molecule has 3 heterocycles. The fourth-order valence-corrected chi connectivity index (χ4v) is 2.56. The van der Waals surface area contributed by atoms with Crippen LogP contribution in [0.2, 0.25) is 0 Å². The van der Waals surface area contributed by atoms with Gasteiger partial charge in [-0.15, -0.1) is 11.8 Å². The summed E-state index contributed by atoms with van der Waals surface area (Å²) in [6.45, 7) is 0.923. The normalized spacial score (nSPS) is 15.9. The van der Waals surface area contributed by atoms with Gasteiger partial charge in [0.05, 0.1) is 5.69 Å². The minimum Gasteiger partial charge on any atom is -0.336 e. The number of fused-ring (bicyclic) bond motifs is 1. The third kappa shape index (κ3) is 1.45. The molecule has 15 heavy (non-hydrogen) atoms. The molecule has 0 radical (unpaired) electrons. The molecule has 4 heteroatoms. The standard InChI is InChI=1S/C11H11N3S/c1-14-6-4-8-2-3-9(13-10(8)14)11-12-5-7-15-11/h2-4,6H,5,7H2,1H3. The van der Waals surface area contributed by atoms with Gasteiger partial charge in [0.15, 0.2) is 0 Å². The van der Waals surface area contributed by atoms with E-state index in [-0.39, 0.29) is 0 Å². The van der Waals surface area contributed by atoms with Gasteiger partial charge in [0.1, 0.15) is 10.7 Å². The summed E-state index contributed by atoms with van der Waals surface area (Å²) in [6.07, 6.45) is 2.03. The molecule has 0 fully saturated rings. The van der Waals surface area contributed by atoms with Crippen LogP contribution in [-0.2, 0) is 7.05 Å². The number of pyridine rings is 1. The fourth-order valence-electron chi connectivity index (χ4n) is 1.74. The molecule has 2 aromatic rings. The summed E-state index contributed by atoms with van der Waals surface area (Å²) in [7, 11) is 2.02. The third-order valence-corrected chi connectivity index (χ3v) is 3.52. The summed E-state index contributed by atoms with van der Waals surface area (Å²) in [5.74, 6) is 1.09. The lowest BCUT2D eigenvalue weighted by atomic mass is 10.3. The third-order valence-electron chi connectivity index (χ3n) is 2.52. The van der Waals surface area contributed by atoms with Crippen molar-refractivity contribution in [1.29, 1.82) is 0 Å². The van der Waals surface area contributed by atoms with E-state index in [0.717, 1.165) is 28.7 Å². The van der Waals surface area contributed by atoms with Gasteiger partial charge in [-0.3, -0.25) is 4.99 Å². The maximum absolute atomic E-state index is 4.63. The zero-order valence-electron chi connectivity index (χ0n) is 8.47. The molecule has 0 amide bonds. The zero-order valence-corrected chi connectivity index (χ0v) is 9.29. The van der Waals surface area contributed by atoms with Gasteiger partial charge in [-0.25, -0.2) is 4.98 Å². The second kappa shape index (κ2) is 3.38. The van der Waals surface area contributed by atoms with Crippen LogP contribution in [0.25, 0.3) is 11.0 Å². The Morgan fingerprint density at radius 2 is 2.27 bits per heavy atom. The molecule has 1 aliphatic rings. The average molecular weight is 217 g/mol. The first-order chi connectivity index (χ1) is 7.34. The maximum Gasteiger partial charge on any atom is 0.140 e. The van der Waals surface area contributed by atoms with Crippen LogP contribution in [-0.4, -0.2) is 26.9 Å². The first kappa shape index (κ1) is 8.97. The molecule has 0 atom stereocenters. The first-order valence-electron chi connectivity index (χ1n) is 4.94. The van der Waals surface area contributed by atoms with Crippen LogP contribution in [0.15, 0.2) is 29.4 Å². The summed E-state index contributed by atoms with van der Waals surface area (Å²) in [6, 6.07) is 6.24. The Morgan fingerprint density at radius 3 is 3.07 bits per heavy atom. The summed E-state index contributed by atoms with van der Waals surface area (Å²) in [4.78, 5) is 9.06. The highest BCUT2D eigenvalue weighted by atomic mass is 32.2. The SMILES string of the molecule is Cn1ccc2ccc(C3=NCCS3)nc21.